The first kappa shape index (κ1) is 20.4. The lowest BCUT2D eigenvalue weighted by atomic mass is 10.1. The second kappa shape index (κ2) is 9.72. The van der Waals surface area contributed by atoms with Gasteiger partial charge < -0.3 is 20.7 Å². The quantitative estimate of drug-likeness (QED) is 0.408. The number of hydrogen-bond donors (Lipinski definition) is 2. The Kier molecular flexibility index (Phi) is 7.65. The van der Waals surface area contributed by atoms with Gasteiger partial charge in [-0.15, -0.1) is 24.0 Å². The molecule has 3 N–H and O–H groups in total. The molecule has 0 radical (unpaired) electrons. The van der Waals surface area contributed by atoms with Crippen LogP contribution in [0, 0.1) is 12.7 Å². The van der Waals surface area contributed by atoms with Crippen molar-refractivity contribution in [3.63, 3.8) is 0 Å². The van der Waals surface area contributed by atoms with E-state index in [0.29, 0.717) is 44.5 Å². The third-order valence-electron chi connectivity index (χ3n) is 4.12. The summed E-state index contributed by atoms with van der Waals surface area (Å²) < 4.78 is 19.7. The number of ether oxygens (including phenoxy) is 1. The first-order chi connectivity index (χ1) is 12.1. The number of nitrogens with two attached hydrogens (primary N) is 1. The fourth-order valence-electron chi connectivity index (χ4n) is 2.71. The fourth-order valence-corrected chi connectivity index (χ4v) is 2.71. The van der Waals surface area contributed by atoms with Gasteiger partial charge in [-0.3, -0.25) is 0 Å². The van der Waals surface area contributed by atoms with Crippen molar-refractivity contribution in [1.82, 2.24) is 0 Å². The van der Waals surface area contributed by atoms with Gasteiger partial charge in [0, 0.05) is 18.8 Å². The van der Waals surface area contributed by atoms with Gasteiger partial charge in [-0.05, 0) is 36.8 Å². The number of rotatable bonds is 4. The number of benzene rings is 2. The van der Waals surface area contributed by atoms with Gasteiger partial charge in [0.05, 0.1) is 25.4 Å². The van der Waals surface area contributed by atoms with Crippen LogP contribution in [0.5, 0.6) is 0 Å². The molecule has 1 heterocycles. The summed E-state index contributed by atoms with van der Waals surface area (Å²) in [6.07, 6.45) is 0. The van der Waals surface area contributed by atoms with Crippen LogP contribution in [0.2, 0.25) is 0 Å². The summed E-state index contributed by atoms with van der Waals surface area (Å²) in [4.78, 5) is 6.28. The Bertz CT molecular complexity index is 746. The molecule has 0 bridgehead atoms. The lowest BCUT2D eigenvalue weighted by molar-refractivity contribution is 0.122. The number of guanidine groups is 1. The summed E-state index contributed by atoms with van der Waals surface area (Å²) in [6, 6.07) is 13.1. The molecule has 2 aromatic rings. The van der Waals surface area contributed by atoms with Crippen LogP contribution in [-0.2, 0) is 11.3 Å². The SMILES string of the molecule is Cc1ccc(NC(N)=NCc2ccc(N3CCOCC3)c(F)c2)cc1.I. The number of nitrogens with zero attached hydrogens (tertiary/aromatic N) is 2. The van der Waals surface area contributed by atoms with Gasteiger partial charge in [-0.1, -0.05) is 23.8 Å². The maximum absolute atomic E-state index is 14.4. The third-order valence-corrected chi connectivity index (χ3v) is 4.12. The Morgan fingerprint density at radius 3 is 2.54 bits per heavy atom. The van der Waals surface area contributed by atoms with Gasteiger partial charge in [0.1, 0.15) is 5.82 Å². The average molecular weight is 470 g/mol. The number of halogens is 2. The molecule has 0 atom stereocenters. The minimum Gasteiger partial charge on any atom is -0.378 e. The van der Waals surface area contributed by atoms with E-state index in [0.717, 1.165) is 11.3 Å². The lowest BCUT2D eigenvalue weighted by Gasteiger charge is -2.29. The molecule has 7 heteroatoms. The van der Waals surface area contributed by atoms with E-state index in [2.05, 4.69) is 10.3 Å². The highest BCUT2D eigenvalue weighted by Gasteiger charge is 2.15. The van der Waals surface area contributed by atoms with Gasteiger partial charge in [0.25, 0.3) is 0 Å². The van der Waals surface area contributed by atoms with Crippen LogP contribution in [0.3, 0.4) is 0 Å². The maximum Gasteiger partial charge on any atom is 0.193 e. The normalized spacial score (nSPS) is 14.7. The van der Waals surface area contributed by atoms with E-state index in [9.17, 15) is 4.39 Å². The summed E-state index contributed by atoms with van der Waals surface area (Å²) in [6.45, 7) is 5.03. The number of morpholine rings is 1. The lowest BCUT2D eigenvalue weighted by Crippen LogP contribution is -2.36. The van der Waals surface area contributed by atoms with Gasteiger partial charge in [-0.2, -0.15) is 0 Å². The highest BCUT2D eigenvalue weighted by molar-refractivity contribution is 14.0. The first-order valence-corrected chi connectivity index (χ1v) is 8.36. The Morgan fingerprint density at radius 2 is 1.88 bits per heavy atom. The van der Waals surface area contributed by atoms with Crippen molar-refractivity contribution >= 4 is 41.3 Å². The van der Waals surface area contributed by atoms with Crippen molar-refractivity contribution in [2.45, 2.75) is 13.5 Å². The standard InChI is InChI=1S/C19H23FN4O.HI/c1-14-2-5-16(6-3-14)23-19(21)22-13-15-4-7-18(17(20)12-15)24-8-10-25-11-9-24;/h2-7,12H,8-11,13H2,1H3,(H3,21,22,23);1H. The smallest absolute Gasteiger partial charge is 0.193 e. The molecular formula is C19H24FIN4O. The monoisotopic (exact) mass is 470 g/mol. The summed E-state index contributed by atoms with van der Waals surface area (Å²) in [5, 5.41) is 3.03. The molecule has 0 amide bonds. The zero-order chi connectivity index (χ0) is 17.6. The van der Waals surface area contributed by atoms with E-state index in [-0.39, 0.29) is 29.8 Å². The third kappa shape index (κ3) is 5.57. The molecule has 140 valence electrons. The zero-order valence-electron chi connectivity index (χ0n) is 14.7. The molecule has 5 nitrogen and oxygen atoms in total. The molecule has 3 rings (SSSR count). The van der Waals surface area contributed by atoms with E-state index in [1.165, 1.54) is 11.6 Å². The van der Waals surface area contributed by atoms with E-state index in [1.54, 1.807) is 6.07 Å². The van der Waals surface area contributed by atoms with Crippen LogP contribution >= 0.6 is 24.0 Å². The zero-order valence-corrected chi connectivity index (χ0v) is 17.1. The topological polar surface area (TPSA) is 62.9 Å². The number of nitrogens with one attached hydrogen (secondary N) is 1. The largest absolute Gasteiger partial charge is 0.378 e. The van der Waals surface area contributed by atoms with Crippen molar-refractivity contribution in [3.05, 3.63) is 59.4 Å². The molecule has 1 fully saturated rings. The Hall–Kier alpha value is -1.87. The molecule has 0 spiro atoms. The van der Waals surface area contributed by atoms with Crippen molar-refractivity contribution in [2.75, 3.05) is 36.5 Å². The summed E-state index contributed by atoms with van der Waals surface area (Å²) in [5.74, 6) is 0.0705. The van der Waals surface area contributed by atoms with E-state index >= 15 is 0 Å². The summed E-state index contributed by atoms with van der Waals surface area (Å²) in [5.41, 5.74) is 9.35. The highest BCUT2D eigenvalue weighted by Crippen LogP contribution is 2.22. The molecule has 0 saturated carbocycles. The van der Waals surface area contributed by atoms with E-state index < -0.39 is 0 Å². The first-order valence-electron chi connectivity index (χ1n) is 8.36. The number of anilines is 2. The molecule has 0 aliphatic carbocycles. The molecule has 1 aliphatic heterocycles. The van der Waals surface area contributed by atoms with Crippen molar-refractivity contribution < 1.29 is 9.13 Å². The molecule has 1 aliphatic rings. The molecule has 0 unspecified atom stereocenters. The van der Waals surface area contributed by atoms with E-state index in [1.807, 2.05) is 42.2 Å². The minimum atomic E-state index is -0.236. The summed E-state index contributed by atoms with van der Waals surface area (Å²) in [7, 11) is 0. The maximum atomic E-state index is 14.4. The van der Waals surface area contributed by atoms with Gasteiger partial charge in [-0.25, -0.2) is 9.38 Å². The van der Waals surface area contributed by atoms with Crippen LogP contribution in [-0.4, -0.2) is 32.3 Å². The van der Waals surface area contributed by atoms with Crippen molar-refractivity contribution in [3.8, 4) is 0 Å². The molecule has 0 aromatic heterocycles. The van der Waals surface area contributed by atoms with Crippen LogP contribution in [0.1, 0.15) is 11.1 Å². The van der Waals surface area contributed by atoms with Crippen molar-refractivity contribution in [2.24, 2.45) is 10.7 Å². The van der Waals surface area contributed by atoms with Crippen LogP contribution in [0.4, 0.5) is 15.8 Å². The Labute approximate surface area is 170 Å². The van der Waals surface area contributed by atoms with Crippen LogP contribution in [0.15, 0.2) is 47.5 Å². The Morgan fingerprint density at radius 1 is 1.19 bits per heavy atom. The van der Waals surface area contributed by atoms with Crippen molar-refractivity contribution in [1.29, 1.82) is 0 Å². The average Bonchev–Trinajstić information content (AvgIpc) is 2.63. The fraction of sp³-hybridized carbons (Fsp3) is 0.316. The van der Waals surface area contributed by atoms with Gasteiger partial charge in [0.15, 0.2) is 5.96 Å². The highest BCUT2D eigenvalue weighted by atomic mass is 127. The van der Waals surface area contributed by atoms with Gasteiger partial charge >= 0.3 is 0 Å². The number of aliphatic imine (C=N–C) groups is 1. The second-order valence-electron chi connectivity index (χ2n) is 6.08. The van der Waals surface area contributed by atoms with Crippen LogP contribution < -0.4 is 16.0 Å². The molecule has 1 saturated heterocycles. The second-order valence-corrected chi connectivity index (χ2v) is 6.08. The minimum absolute atomic E-state index is 0. The molecule has 2 aromatic carbocycles. The predicted molar refractivity (Wildman–Crippen MR) is 115 cm³/mol. The van der Waals surface area contributed by atoms with E-state index in [4.69, 9.17) is 10.5 Å². The predicted octanol–water partition coefficient (Wildman–Crippen LogP) is 3.52. The summed E-state index contributed by atoms with van der Waals surface area (Å²) >= 11 is 0. The Balaban J connectivity index is 0.00000243. The number of hydrogen-bond acceptors (Lipinski definition) is 3. The van der Waals surface area contributed by atoms with Gasteiger partial charge in [0.2, 0.25) is 0 Å². The molecular weight excluding hydrogens is 446 g/mol. The van der Waals surface area contributed by atoms with Crippen LogP contribution in [0.25, 0.3) is 0 Å². The molecule has 26 heavy (non-hydrogen) atoms. The number of aryl methyl sites for hydroxylation is 1.